The van der Waals surface area contributed by atoms with Gasteiger partial charge in [0.25, 0.3) is 0 Å². The van der Waals surface area contributed by atoms with Crippen LogP contribution >= 0.6 is 31.9 Å². The first kappa shape index (κ1) is 16.4. The van der Waals surface area contributed by atoms with E-state index in [4.69, 9.17) is 4.98 Å². The van der Waals surface area contributed by atoms with Crippen molar-refractivity contribution < 1.29 is 0 Å². The molecular formula is C16H19Br2N3. The molecule has 0 aliphatic rings. The summed E-state index contributed by atoms with van der Waals surface area (Å²) in [5.41, 5.74) is 2.05. The van der Waals surface area contributed by atoms with Crippen LogP contribution < -0.4 is 5.32 Å². The average Bonchev–Trinajstić information content (AvgIpc) is 2.47. The van der Waals surface area contributed by atoms with Crippen molar-refractivity contribution in [1.82, 2.24) is 9.97 Å². The van der Waals surface area contributed by atoms with Gasteiger partial charge in [-0.3, -0.25) is 0 Å². The number of rotatable bonds is 5. The first-order chi connectivity index (χ1) is 10.0. The maximum Gasteiger partial charge on any atom is 0.161 e. The normalized spacial score (nSPS) is 11.0. The number of hydrogen-bond donors (Lipinski definition) is 1. The Labute approximate surface area is 142 Å². The molecule has 0 amide bonds. The first-order valence-corrected chi connectivity index (χ1v) is 8.68. The van der Waals surface area contributed by atoms with Crippen LogP contribution in [-0.4, -0.2) is 16.5 Å². The van der Waals surface area contributed by atoms with E-state index in [9.17, 15) is 0 Å². The molecule has 21 heavy (non-hydrogen) atoms. The minimum Gasteiger partial charge on any atom is -0.369 e. The lowest BCUT2D eigenvalue weighted by atomic mass is 10.1. The molecule has 0 saturated heterocycles. The van der Waals surface area contributed by atoms with Gasteiger partial charge in [-0.15, -0.1) is 0 Å². The minimum absolute atomic E-state index is 0.332. The highest BCUT2D eigenvalue weighted by molar-refractivity contribution is 9.11. The lowest BCUT2D eigenvalue weighted by molar-refractivity contribution is 0.808. The van der Waals surface area contributed by atoms with Crippen LogP contribution in [0, 0.1) is 0 Å². The Morgan fingerprint density at radius 3 is 2.33 bits per heavy atom. The zero-order valence-corrected chi connectivity index (χ0v) is 15.6. The highest BCUT2D eigenvalue weighted by atomic mass is 79.9. The molecule has 0 fully saturated rings. The van der Waals surface area contributed by atoms with E-state index in [0.717, 1.165) is 44.8 Å². The van der Waals surface area contributed by atoms with Crippen molar-refractivity contribution in [2.75, 3.05) is 11.9 Å². The number of aromatic nitrogens is 2. The summed E-state index contributed by atoms with van der Waals surface area (Å²) in [4.78, 5) is 9.40. The zero-order valence-electron chi connectivity index (χ0n) is 12.5. The Bertz CT molecular complexity index is 610. The van der Waals surface area contributed by atoms with Gasteiger partial charge in [-0.2, -0.15) is 0 Å². The van der Waals surface area contributed by atoms with Crippen LogP contribution in [0.1, 0.15) is 38.8 Å². The van der Waals surface area contributed by atoms with Crippen molar-refractivity contribution in [3.05, 3.63) is 38.9 Å². The van der Waals surface area contributed by atoms with Gasteiger partial charge in [0.05, 0.1) is 10.2 Å². The number of nitrogens with zero attached hydrogens (tertiary/aromatic N) is 2. The summed E-state index contributed by atoms with van der Waals surface area (Å²) in [6.07, 6.45) is 1.06. The number of benzene rings is 1. The molecule has 1 aromatic heterocycles. The fourth-order valence-electron chi connectivity index (χ4n) is 1.94. The highest BCUT2D eigenvalue weighted by Crippen LogP contribution is 2.31. The van der Waals surface area contributed by atoms with Crippen LogP contribution in [0.25, 0.3) is 11.4 Å². The van der Waals surface area contributed by atoms with Gasteiger partial charge in [-0.1, -0.05) is 48.8 Å². The van der Waals surface area contributed by atoms with Crippen molar-refractivity contribution >= 4 is 37.7 Å². The van der Waals surface area contributed by atoms with Gasteiger partial charge in [-0.25, -0.2) is 9.97 Å². The molecule has 1 N–H and O–H groups in total. The standard InChI is InChI=1S/C16H19Br2N3/c1-4-9-19-16-13(18)14(10(2)3)20-15(21-16)11-5-7-12(17)8-6-11/h5-8,10H,4,9H2,1-3H3,(H,19,20,21). The summed E-state index contributed by atoms with van der Waals surface area (Å²) in [6, 6.07) is 8.08. The van der Waals surface area contributed by atoms with E-state index >= 15 is 0 Å². The van der Waals surface area contributed by atoms with Gasteiger partial charge >= 0.3 is 0 Å². The van der Waals surface area contributed by atoms with E-state index in [-0.39, 0.29) is 0 Å². The lowest BCUT2D eigenvalue weighted by Gasteiger charge is -2.14. The topological polar surface area (TPSA) is 37.8 Å². The second kappa shape index (κ2) is 7.36. The van der Waals surface area contributed by atoms with E-state index < -0.39 is 0 Å². The molecule has 5 heteroatoms. The summed E-state index contributed by atoms with van der Waals surface area (Å²) >= 11 is 7.09. The Balaban J connectivity index is 2.50. The van der Waals surface area contributed by atoms with Crippen LogP contribution in [0.15, 0.2) is 33.2 Å². The van der Waals surface area contributed by atoms with Gasteiger partial charge in [0.15, 0.2) is 5.82 Å². The number of anilines is 1. The summed E-state index contributed by atoms with van der Waals surface area (Å²) in [6.45, 7) is 7.32. The van der Waals surface area contributed by atoms with Gasteiger partial charge in [0.2, 0.25) is 0 Å². The minimum atomic E-state index is 0.332. The molecule has 1 heterocycles. The summed E-state index contributed by atoms with van der Waals surface area (Å²) < 4.78 is 2.02. The van der Waals surface area contributed by atoms with E-state index in [0.29, 0.717) is 5.92 Å². The molecule has 0 bridgehead atoms. The molecule has 0 saturated carbocycles. The SMILES string of the molecule is CCCNc1nc(-c2ccc(Br)cc2)nc(C(C)C)c1Br. The summed E-state index contributed by atoms with van der Waals surface area (Å²) in [5.74, 6) is 1.96. The molecule has 0 atom stereocenters. The quantitative estimate of drug-likeness (QED) is 0.692. The van der Waals surface area contributed by atoms with Crippen molar-refractivity contribution in [2.45, 2.75) is 33.1 Å². The molecule has 0 radical (unpaired) electrons. The van der Waals surface area contributed by atoms with Crippen LogP contribution in [0.2, 0.25) is 0 Å². The molecule has 112 valence electrons. The Morgan fingerprint density at radius 2 is 1.76 bits per heavy atom. The van der Waals surface area contributed by atoms with E-state index in [1.807, 2.05) is 24.3 Å². The van der Waals surface area contributed by atoms with Crippen molar-refractivity contribution in [3.63, 3.8) is 0 Å². The van der Waals surface area contributed by atoms with E-state index in [1.54, 1.807) is 0 Å². The smallest absolute Gasteiger partial charge is 0.161 e. The summed E-state index contributed by atoms with van der Waals surface area (Å²) in [5, 5.41) is 3.37. The monoisotopic (exact) mass is 411 g/mol. The largest absolute Gasteiger partial charge is 0.369 e. The third-order valence-corrected chi connectivity index (χ3v) is 4.38. The molecule has 0 unspecified atom stereocenters. The number of nitrogens with one attached hydrogen (secondary N) is 1. The molecule has 2 rings (SSSR count). The fraction of sp³-hybridized carbons (Fsp3) is 0.375. The van der Waals surface area contributed by atoms with Gasteiger partial charge < -0.3 is 5.32 Å². The molecule has 1 aromatic carbocycles. The zero-order chi connectivity index (χ0) is 15.4. The third-order valence-electron chi connectivity index (χ3n) is 3.07. The average molecular weight is 413 g/mol. The molecule has 0 aliphatic heterocycles. The van der Waals surface area contributed by atoms with Crippen molar-refractivity contribution in [3.8, 4) is 11.4 Å². The first-order valence-electron chi connectivity index (χ1n) is 7.10. The van der Waals surface area contributed by atoms with E-state index in [1.165, 1.54) is 0 Å². The Hall–Kier alpha value is -0.940. The number of hydrogen-bond acceptors (Lipinski definition) is 3. The fourth-order valence-corrected chi connectivity index (χ4v) is 2.98. The molecule has 3 nitrogen and oxygen atoms in total. The maximum atomic E-state index is 4.73. The molecule has 0 aliphatic carbocycles. The van der Waals surface area contributed by atoms with E-state index in [2.05, 4.69) is 62.9 Å². The molecule has 2 aromatic rings. The van der Waals surface area contributed by atoms with Crippen LogP contribution in [0.3, 0.4) is 0 Å². The van der Waals surface area contributed by atoms with Crippen LogP contribution in [0.5, 0.6) is 0 Å². The number of halogens is 2. The van der Waals surface area contributed by atoms with Crippen molar-refractivity contribution in [2.24, 2.45) is 0 Å². The third kappa shape index (κ3) is 4.04. The Kier molecular flexibility index (Phi) is 5.76. The predicted octanol–water partition coefficient (Wildman–Crippen LogP) is 5.61. The molecular weight excluding hydrogens is 394 g/mol. The van der Waals surface area contributed by atoms with Crippen molar-refractivity contribution in [1.29, 1.82) is 0 Å². The van der Waals surface area contributed by atoms with Crippen LogP contribution in [0.4, 0.5) is 5.82 Å². The van der Waals surface area contributed by atoms with Gasteiger partial charge in [0, 0.05) is 16.6 Å². The highest BCUT2D eigenvalue weighted by Gasteiger charge is 2.15. The van der Waals surface area contributed by atoms with Gasteiger partial charge in [0.1, 0.15) is 5.82 Å². The second-order valence-corrected chi connectivity index (χ2v) is 6.89. The predicted molar refractivity (Wildman–Crippen MR) is 95.7 cm³/mol. The molecule has 0 spiro atoms. The van der Waals surface area contributed by atoms with Gasteiger partial charge in [-0.05, 0) is 40.4 Å². The Morgan fingerprint density at radius 1 is 1.10 bits per heavy atom. The second-order valence-electron chi connectivity index (χ2n) is 5.18. The lowest BCUT2D eigenvalue weighted by Crippen LogP contribution is -2.08. The van der Waals surface area contributed by atoms with Crippen LogP contribution in [-0.2, 0) is 0 Å². The maximum absolute atomic E-state index is 4.73. The summed E-state index contributed by atoms with van der Waals surface area (Å²) in [7, 11) is 0.